The van der Waals surface area contributed by atoms with Crippen LogP contribution in [0.5, 0.6) is 0 Å². The summed E-state index contributed by atoms with van der Waals surface area (Å²) < 4.78 is 6.95. The van der Waals surface area contributed by atoms with Crippen molar-refractivity contribution in [2.24, 2.45) is 4.99 Å². The second kappa shape index (κ2) is 9.28. The molecule has 0 saturated carbocycles. The number of hydrogen-bond donors (Lipinski definition) is 0. The van der Waals surface area contributed by atoms with Crippen molar-refractivity contribution in [3.63, 3.8) is 0 Å². The molecule has 0 saturated heterocycles. The smallest absolute Gasteiger partial charge is 0.338 e. The highest BCUT2D eigenvalue weighted by Crippen LogP contribution is 2.26. The van der Waals surface area contributed by atoms with Crippen molar-refractivity contribution in [1.82, 2.24) is 4.57 Å². The van der Waals surface area contributed by atoms with Gasteiger partial charge in [0, 0.05) is 10.0 Å². The molecule has 1 atom stereocenters. The highest BCUT2D eigenvalue weighted by atomic mass is 35.5. The van der Waals surface area contributed by atoms with E-state index in [4.69, 9.17) is 27.9 Å². The van der Waals surface area contributed by atoms with Gasteiger partial charge < -0.3 is 4.74 Å². The molecule has 0 fully saturated rings. The lowest BCUT2D eigenvalue weighted by atomic mass is 10.0. The zero-order valence-electron chi connectivity index (χ0n) is 17.2. The van der Waals surface area contributed by atoms with Crippen molar-refractivity contribution in [2.45, 2.75) is 13.0 Å². The Morgan fingerprint density at radius 2 is 1.94 bits per heavy atom. The Balaban J connectivity index is 1.90. The van der Waals surface area contributed by atoms with Gasteiger partial charge in [-0.25, -0.2) is 9.79 Å². The van der Waals surface area contributed by atoms with Gasteiger partial charge >= 0.3 is 5.97 Å². The van der Waals surface area contributed by atoms with Crippen LogP contribution in [-0.4, -0.2) is 17.6 Å². The molecule has 0 aliphatic carbocycles. The summed E-state index contributed by atoms with van der Waals surface area (Å²) in [5, 5.41) is 0.952. The highest BCUT2D eigenvalue weighted by Gasteiger charge is 2.30. The summed E-state index contributed by atoms with van der Waals surface area (Å²) in [7, 11) is 1.31. The highest BCUT2D eigenvalue weighted by molar-refractivity contribution is 7.07. The first-order valence-electron chi connectivity index (χ1n) is 9.68. The number of allylic oxidation sites excluding steroid dienone is 2. The van der Waals surface area contributed by atoms with E-state index in [9.17, 15) is 9.59 Å². The average Bonchev–Trinajstić information content (AvgIpc) is 3.08. The lowest BCUT2D eigenvalue weighted by Crippen LogP contribution is -2.38. The Morgan fingerprint density at radius 1 is 1.19 bits per heavy atom. The number of rotatable bonds is 4. The zero-order chi connectivity index (χ0) is 22.8. The molecular weight excluding hydrogens is 467 g/mol. The Hall–Kier alpha value is -2.93. The van der Waals surface area contributed by atoms with E-state index >= 15 is 0 Å². The number of fused-ring (bicyclic) bond motifs is 1. The maximum Gasteiger partial charge on any atom is 0.338 e. The van der Waals surface area contributed by atoms with E-state index in [0.717, 1.165) is 5.56 Å². The number of hydrogen-bond acceptors (Lipinski definition) is 5. The summed E-state index contributed by atoms with van der Waals surface area (Å²) in [6, 6.07) is 14.1. The second-order valence-electron chi connectivity index (χ2n) is 7.05. The molecule has 8 heteroatoms. The molecule has 0 amide bonds. The number of carbonyl (C=O) groups excluding carboxylic acids is 1. The van der Waals surface area contributed by atoms with Gasteiger partial charge in [-0.2, -0.15) is 0 Å². The molecule has 32 heavy (non-hydrogen) atoms. The number of benzene rings is 2. The molecular formula is C24H18Cl2N2O3S. The minimum Gasteiger partial charge on any atom is -0.466 e. The third-order valence-electron chi connectivity index (χ3n) is 4.99. The number of halogens is 2. The SMILES string of the molecule is COC(=O)C1=C(C)N=c2s/c(=C/c3ccc(Cl)cc3Cl)c(=O)n2[C@@H]1/C=C/c1ccccc1. The van der Waals surface area contributed by atoms with E-state index in [1.165, 1.54) is 23.0 Å². The molecule has 162 valence electrons. The third-order valence-corrected chi connectivity index (χ3v) is 6.53. The molecule has 0 spiro atoms. The van der Waals surface area contributed by atoms with Crippen molar-refractivity contribution < 1.29 is 9.53 Å². The normalized spacial score (nSPS) is 16.2. The molecule has 1 aliphatic heterocycles. The van der Waals surface area contributed by atoms with Crippen LogP contribution in [0.4, 0.5) is 0 Å². The topological polar surface area (TPSA) is 60.7 Å². The first kappa shape index (κ1) is 22.3. The summed E-state index contributed by atoms with van der Waals surface area (Å²) in [6.07, 6.45) is 5.40. The number of aromatic nitrogens is 1. The van der Waals surface area contributed by atoms with Gasteiger partial charge in [-0.3, -0.25) is 9.36 Å². The number of thiazole rings is 1. The number of ether oxygens (including phenoxy) is 1. The van der Waals surface area contributed by atoms with Gasteiger partial charge in [0.2, 0.25) is 0 Å². The van der Waals surface area contributed by atoms with Crippen LogP contribution < -0.4 is 14.9 Å². The molecule has 0 N–H and O–H groups in total. The molecule has 2 aromatic carbocycles. The predicted molar refractivity (Wildman–Crippen MR) is 129 cm³/mol. The van der Waals surface area contributed by atoms with Crippen LogP contribution in [-0.2, 0) is 9.53 Å². The standard InChI is InChI=1S/C24H18Cl2N2O3S/c1-14-21(23(30)31-2)19(11-8-15-6-4-3-5-7-15)28-22(29)20(32-24(28)27-14)12-16-9-10-17(25)13-18(16)26/h3-13,19H,1-2H3/b11-8+,20-12+/t19-/m1/s1. The Kier molecular flexibility index (Phi) is 6.46. The van der Waals surface area contributed by atoms with Gasteiger partial charge in [0.15, 0.2) is 4.80 Å². The van der Waals surface area contributed by atoms with Crippen molar-refractivity contribution in [3.8, 4) is 0 Å². The summed E-state index contributed by atoms with van der Waals surface area (Å²) >= 11 is 13.5. The quantitative estimate of drug-likeness (QED) is 0.516. The van der Waals surface area contributed by atoms with Crippen LogP contribution in [0, 0.1) is 0 Å². The summed E-state index contributed by atoms with van der Waals surface area (Å²) in [5.74, 6) is -0.524. The predicted octanol–water partition coefficient (Wildman–Crippen LogP) is 4.38. The largest absolute Gasteiger partial charge is 0.466 e. The van der Waals surface area contributed by atoms with Crippen molar-refractivity contribution in [1.29, 1.82) is 0 Å². The molecule has 1 aromatic heterocycles. The van der Waals surface area contributed by atoms with Crippen LogP contribution >= 0.6 is 34.5 Å². The zero-order valence-corrected chi connectivity index (χ0v) is 19.5. The fourth-order valence-electron chi connectivity index (χ4n) is 3.44. The number of nitrogens with zero attached hydrogens (tertiary/aromatic N) is 2. The van der Waals surface area contributed by atoms with Gasteiger partial charge in [0.25, 0.3) is 5.56 Å². The molecule has 0 unspecified atom stereocenters. The maximum absolute atomic E-state index is 13.4. The van der Waals surface area contributed by atoms with Gasteiger partial charge in [0.1, 0.15) is 0 Å². The van der Waals surface area contributed by atoms with Crippen LogP contribution in [0.25, 0.3) is 12.2 Å². The maximum atomic E-state index is 13.4. The van der Waals surface area contributed by atoms with Crippen molar-refractivity contribution in [3.05, 3.63) is 107 Å². The lowest BCUT2D eigenvalue weighted by Gasteiger charge is -2.21. The Bertz CT molecular complexity index is 1440. The molecule has 2 heterocycles. The van der Waals surface area contributed by atoms with Gasteiger partial charge in [0.05, 0.1) is 29.0 Å². The number of methoxy groups -OCH3 is 1. The van der Waals surface area contributed by atoms with E-state index in [2.05, 4.69) is 4.99 Å². The van der Waals surface area contributed by atoms with Crippen LogP contribution in [0.1, 0.15) is 24.1 Å². The second-order valence-corrected chi connectivity index (χ2v) is 8.90. The van der Waals surface area contributed by atoms with Crippen molar-refractivity contribution in [2.75, 3.05) is 7.11 Å². The first-order valence-corrected chi connectivity index (χ1v) is 11.3. The van der Waals surface area contributed by atoms with E-state index in [-0.39, 0.29) is 5.56 Å². The van der Waals surface area contributed by atoms with E-state index < -0.39 is 12.0 Å². The molecule has 1 aliphatic rings. The minimum absolute atomic E-state index is 0.267. The first-order chi connectivity index (χ1) is 15.4. The third kappa shape index (κ3) is 4.35. The Morgan fingerprint density at radius 3 is 2.62 bits per heavy atom. The van der Waals surface area contributed by atoms with Gasteiger partial charge in [-0.15, -0.1) is 0 Å². The van der Waals surface area contributed by atoms with Crippen LogP contribution in [0.2, 0.25) is 10.0 Å². The lowest BCUT2D eigenvalue weighted by molar-refractivity contribution is -0.136. The summed E-state index contributed by atoms with van der Waals surface area (Å²) in [6.45, 7) is 1.74. The minimum atomic E-state index is -0.651. The molecule has 3 aromatic rings. The summed E-state index contributed by atoms with van der Waals surface area (Å²) in [5.41, 5.74) is 2.18. The fourth-order valence-corrected chi connectivity index (χ4v) is 4.95. The van der Waals surface area contributed by atoms with E-state index in [0.29, 0.717) is 36.2 Å². The molecule has 4 rings (SSSR count). The molecule has 0 bridgehead atoms. The van der Waals surface area contributed by atoms with E-state index in [1.54, 1.807) is 31.2 Å². The average molecular weight is 485 g/mol. The number of carbonyl (C=O) groups is 1. The van der Waals surface area contributed by atoms with Gasteiger partial charge in [-0.1, -0.05) is 83.1 Å². The summed E-state index contributed by atoms with van der Waals surface area (Å²) in [4.78, 5) is 31.0. The Labute approximate surface area is 198 Å². The van der Waals surface area contributed by atoms with Gasteiger partial charge in [-0.05, 0) is 36.3 Å². The van der Waals surface area contributed by atoms with E-state index in [1.807, 2.05) is 42.5 Å². The van der Waals surface area contributed by atoms with Crippen LogP contribution in [0.15, 0.2) is 75.7 Å². The molecule has 5 nitrogen and oxygen atoms in total. The molecule has 0 radical (unpaired) electrons. The van der Waals surface area contributed by atoms with Crippen LogP contribution in [0.3, 0.4) is 0 Å². The fraction of sp³-hybridized carbons (Fsp3) is 0.125. The monoisotopic (exact) mass is 484 g/mol. The van der Waals surface area contributed by atoms with Crippen molar-refractivity contribution >= 4 is 52.7 Å². The number of esters is 1.